The maximum atomic E-state index is 6.75. The topological polar surface area (TPSA) is 57.0 Å². The average Bonchev–Trinajstić information content (AvgIpc) is 3.83. The highest BCUT2D eigenvalue weighted by molar-refractivity contribution is 6.13. The second-order valence-corrected chi connectivity index (χ2v) is 17.9. The predicted octanol–water partition coefficient (Wildman–Crippen LogP) is 14.4. The van der Waals surface area contributed by atoms with Crippen LogP contribution in [0.15, 0.2) is 112 Å². The number of nitrogens with zero attached hydrogens (tertiary/aromatic N) is 3. The highest BCUT2D eigenvalue weighted by Gasteiger charge is 2.27. The summed E-state index contributed by atoms with van der Waals surface area (Å²) in [5.74, 6) is 1.33. The van der Waals surface area contributed by atoms with Crippen LogP contribution in [-0.2, 0) is 10.8 Å². The van der Waals surface area contributed by atoms with Crippen LogP contribution in [0, 0.1) is 0 Å². The summed E-state index contributed by atoms with van der Waals surface area (Å²) >= 11 is 0. The first-order valence-electron chi connectivity index (χ1n) is 19.6. The number of rotatable bonds is 5. The van der Waals surface area contributed by atoms with E-state index in [0.717, 1.165) is 60.8 Å². The number of fused-ring (bicyclic) bond motifs is 7. The average molecular weight is 724 g/mol. The van der Waals surface area contributed by atoms with Crippen molar-refractivity contribution in [3.63, 3.8) is 0 Å². The Morgan fingerprint density at radius 1 is 0.564 bits per heavy atom. The molecule has 0 spiro atoms. The molecule has 276 valence electrons. The van der Waals surface area contributed by atoms with Crippen LogP contribution >= 0.6 is 0 Å². The van der Waals surface area contributed by atoms with E-state index < -0.39 is 0 Å². The smallest absolute Gasteiger partial charge is 0.228 e. The lowest BCUT2D eigenvalue weighted by Gasteiger charge is -2.28. The number of benzene rings is 5. The molecule has 0 unspecified atom stereocenters. The molecular weight excluding hydrogens is 675 g/mol. The van der Waals surface area contributed by atoms with E-state index in [1.807, 2.05) is 24.3 Å². The summed E-state index contributed by atoms with van der Waals surface area (Å²) in [5, 5.41) is 2.89. The maximum Gasteiger partial charge on any atom is 0.228 e. The highest BCUT2D eigenvalue weighted by Crippen LogP contribution is 2.44. The molecule has 0 fully saturated rings. The van der Waals surface area contributed by atoms with Crippen molar-refractivity contribution in [1.82, 2.24) is 14.5 Å². The van der Waals surface area contributed by atoms with E-state index in [1.54, 1.807) is 0 Å². The minimum atomic E-state index is 0.0210. The fourth-order valence-corrected chi connectivity index (χ4v) is 8.10. The monoisotopic (exact) mass is 723 g/mol. The van der Waals surface area contributed by atoms with Gasteiger partial charge in [0.25, 0.3) is 0 Å². The van der Waals surface area contributed by atoms with Crippen molar-refractivity contribution in [3.05, 3.63) is 125 Å². The number of para-hydroxylation sites is 4. The van der Waals surface area contributed by atoms with Gasteiger partial charge in [0.2, 0.25) is 5.71 Å². The molecule has 0 N–H and O–H groups in total. The highest BCUT2D eigenvalue weighted by atomic mass is 16.3. The van der Waals surface area contributed by atoms with Gasteiger partial charge in [-0.2, -0.15) is 0 Å². The van der Waals surface area contributed by atoms with Gasteiger partial charge in [-0.05, 0) is 105 Å². The number of imidazole rings is 1. The third-order valence-electron chi connectivity index (χ3n) is 11.3. The van der Waals surface area contributed by atoms with E-state index in [9.17, 15) is 0 Å². The van der Waals surface area contributed by atoms with Gasteiger partial charge >= 0.3 is 0 Å². The molecule has 0 aliphatic heterocycles. The number of furan rings is 2. The largest absolute Gasteiger partial charge is 0.454 e. The summed E-state index contributed by atoms with van der Waals surface area (Å²) in [4.78, 5) is 10.4. The second-order valence-electron chi connectivity index (χ2n) is 17.9. The molecule has 55 heavy (non-hydrogen) atoms. The Morgan fingerprint density at radius 3 is 1.85 bits per heavy atom. The van der Waals surface area contributed by atoms with Gasteiger partial charge in [-0.15, -0.1) is 0 Å². The molecular formula is C50H49N3O2. The molecule has 4 aromatic heterocycles. The first-order valence-corrected chi connectivity index (χ1v) is 19.6. The van der Waals surface area contributed by atoms with Crippen molar-refractivity contribution in [2.45, 2.75) is 91.9 Å². The normalized spacial score (nSPS) is 12.9. The Morgan fingerprint density at radius 2 is 1.18 bits per heavy atom. The molecule has 5 heteroatoms. The molecule has 0 aliphatic carbocycles. The van der Waals surface area contributed by atoms with Gasteiger partial charge in [0, 0.05) is 10.8 Å². The van der Waals surface area contributed by atoms with E-state index in [0.29, 0.717) is 5.71 Å². The first-order chi connectivity index (χ1) is 26.2. The summed E-state index contributed by atoms with van der Waals surface area (Å²) in [7, 11) is 0. The third-order valence-corrected chi connectivity index (χ3v) is 11.3. The maximum absolute atomic E-state index is 6.75. The lowest BCUT2D eigenvalue weighted by Crippen LogP contribution is -2.16. The Bertz CT molecular complexity index is 2890. The molecule has 0 saturated heterocycles. The minimum Gasteiger partial charge on any atom is -0.454 e. The molecule has 0 amide bonds. The molecule has 9 aromatic rings. The standard InChI is InChI=1S/C50H49N3O2/c1-28(2)37-24-31(30-22-32(49(5,6)7)26-33(23-30)50(8,9)10)25-38(29(3)4)45(37)53-41-20-13-12-19-40(41)51-47(53)36-18-15-17-34-39-27-43-44(52-48(39)55-46(34)36)35-16-11-14-21-42(35)54-43/h11-29H,1-10H3. The minimum absolute atomic E-state index is 0.0210. The van der Waals surface area contributed by atoms with Crippen molar-refractivity contribution >= 4 is 55.2 Å². The van der Waals surface area contributed by atoms with Crippen LogP contribution in [0.1, 0.15) is 103 Å². The van der Waals surface area contributed by atoms with Crippen LogP contribution in [-0.4, -0.2) is 14.5 Å². The Balaban J connectivity index is 1.32. The Kier molecular flexibility index (Phi) is 7.92. The lowest BCUT2D eigenvalue weighted by atomic mass is 9.78. The van der Waals surface area contributed by atoms with Gasteiger partial charge in [-0.3, -0.25) is 4.57 Å². The van der Waals surface area contributed by atoms with E-state index >= 15 is 0 Å². The summed E-state index contributed by atoms with van der Waals surface area (Å²) in [5.41, 5.74) is 15.7. The fraction of sp³-hybridized carbons (Fsp3) is 0.280. The zero-order valence-corrected chi connectivity index (χ0v) is 33.6. The van der Waals surface area contributed by atoms with Crippen LogP contribution in [0.4, 0.5) is 0 Å². The van der Waals surface area contributed by atoms with Crippen LogP contribution < -0.4 is 0 Å². The summed E-state index contributed by atoms with van der Waals surface area (Å²) in [6, 6.07) is 37.0. The second kappa shape index (κ2) is 12.4. The Labute approximate surface area is 323 Å². The molecule has 9 rings (SSSR count). The van der Waals surface area contributed by atoms with E-state index in [1.165, 1.54) is 39.1 Å². The lowest BCUT2D eigenvalue weighted by molar-refractivity contribution is 0.569. The van der Waals surface area contributed by atoms with Crippen molar-refractivity contribution in [2.24, 2.45) is 0 Å². The zero-order valence-electron chi connectivity index (χ0n) is 33.6. The van der Waals surface area contributed by atoms with Crippen LogP contribution in [0.2, 0.25) is 0 Å². The van der Waals surface area contributed by atoms with E-state index in [4.69, 9.17) is 18.8 Å². The molecule has 4 heterocycles. The van der Waals surface area contributed by atoms with Gasteiger partial charge in [0.15, 0.2) is 5.58 Å². The van der Waals surface area contributed by atoms with Crippen LogP contribution in [0.3, 0.4) is 0 Å². The molecule has 0 bridgehead atoms. The summed E-state index contributed by atoms with van der Waals surface area (Å²) < 4.78 is 15.4. The predicted molar refractivity (Wildman–Crippen MR) is 230 cm³/mol. The number of hydrogen-bond donors (Lipinski definition) is 0. The molecule has 5 aromatic carbocycles. The van der Waals surface area contributed by atoms with E-state index in [2.05, 4.69) is 153 Å². The fourth-order valence-electron chi connectivity index (χ4n) is 8.10. The number of aromatic nitrogens is 3. The van der Waals surface area contributed by atoms with Crippen molar-refractivity contribution < 1.29 is 8.83 Å². The first kappa shape index (κ1) is 35.0. The van der Waals surface area contributed by atoms with Gasteiger partial charge in [-0.25, -0.2) is 9.97 Å². The molecule has 5 nitrogen and oxygen atoms in total. The molecule has 0 aliphatic rings. The molecule has 0 saturated carbocycles. The molecule has 0 atom stereocenters. The van der Waals surface area contributed by atoms with Crippen molar-refractivity contribution in [3.8, 4) is 28.2 Å². The molecule has 0 radical (unpaired) electrons. The number of pyridine rings is 1. The van der Waals surface area contributed by atoms with Crippen LogP contribution in [0.5, 0.6) is 0 Å². The Hall–Kier alpha value is -5.68. The zero-order chi connectivity index (χ0) is 38.6. The third kappa shape index (κ3) is 5.75. The summed E-state index contributed by atoms with van der Waals surface area (Å²) in [6.45, 7) is 23.1. The quantitative estimate of drug-likeness (QED) is 0.177. The van der Waals surface area contributed by atoms with E-state index in [-0.39, 0.29) is 22.7 Å². The SMILES string of the molecule is CC(C)c1cc(-c2cc(C(C)(C)C)cc(C(C)(C)C)c2)cc(C(C)C)c1-n1c(-c2cccc3c2oc2nc4c(cc23)oc2ccccc24)nc2ccccc21. The summed E-state index contributed by atoms with van der Waals surface area (Å²) in [6.07, 6.45) is 0. The van der Waals surface area contributed by atoms with Crippen molar-refractivity contribution in [2.75, 3.05) is 0 Å². The van der Waals surface area contributed by atoms with Crippen LogP contribution in [0.25, 0.3) is 83.4 Å². The van der Waals surface area contributed by atoms with Gasteiger partial charge in [-0.1, -0.05) is 124 Å². The van der Waals surface area contributed by atoms with Gasteiger partial charge in [0.1, 0.15) is 22.5 Å². The number of hydrogen-bond acceptors (Lipinski definition) is 4. The van der Waals surface area contributed by atoms with Gasteiger partial charge in [0.05, 0.1) is 27.7 Å². The van der Waals surface area contributed by atoms with Crippen molar-refractivity contribution in [1.29, 1.82) is 0 Å². The van der Waals surface area contributed by atoms with Gasteiger partial charge < -0.3 is 8.83 Å².